The molecule has 0 radical (unpaired) electrons. The SMILES string of the molecule is CC(C)(C)c1ccc(COc2cc(C(N)=O)cc3c(Br)c(C(F)(F)P(=O)(O)O)sc23)cc1. The van der Waals surface area contributed by atoms with Gasteiger partial charge in [-0.3, -0.25) is 9.36 Å². The largest absolute Gasteiger partial charge is 0.487 e. The second-order valence-electron chi connectivity index (χ2n) is 8.28. The molecule has 32 heavy (non-hydrogen) atoms. The van der Waals surface area contributed by atoms with Crippen LogP contribution in [0.4, 0.5) is 8.78 Å². The highest BCUT2D eigenvalue weighted by molar-refractivity contribution is 9.10. The van der Waals surface area contributed by atoms with Gasteiger partial charge in [0.15, 0.2) is 0 Å². The Bertz CT molecular complexity index is 1230. The molecule has 0 saturated carbocycles. The summed E-state index contributed by atoms with van der Waals surface area (Å²) < 4.78 is 46.0. The van der Waals surface area contributed by atoms with E-state index in [1.165, 1.54) is 12.1 Å². The predicted octanol–water partition coefficient (Wildman–Crippen LogP) is 5.87. The first-order chi connectivity index (χ1) is 14.6. The summed E-state index contributed by atoms with van der Waals surface area (Å²) in [5.74, 6) is -0.692. The van der Waals surface area contributed by atoms with Crippen LogP contribution >= 0.6 is 34.9 Å². The quantitative estimate of drug-likeness (QED) is 0.334. The van der Waals surface area contributed by atoms with Gasteiger partial charge < -0.3 is 20.3 Å². The van der Waals surface area contributed by atoms with Crippen molar-refractivity contribution in [1.29, 1.82) is 0 Å². The van der Waals surface area contributed by atoms with Gasteiger partial charge in [0, 0.05) is 15.4 Å². The molecule has 0 spiro atoms. The van der Waals surface area contributed by atoms with Gasteiger partial charge >= 0.3 is 13.3 Å². The molecule has 0 aliphatic heterocycles. The van der Waals surface area contributed by atoms with Gasteiger partial charge in [-0.2, -0.15) is 8.78 Å². The van der Waals surface area contributed by atoms with Crippen LogP contribution in [0.3, 0.4) is 0 Å². The molecule has 0 atom stereocenters. The summed E-state index contributed by atoms with van der Waals surface area (Å²) in [7, 11) is -5.79. The van der Waals surface area contributed by atoms with E-state index in [1.54, 1.807) is 0 Å². The fourth-order valence-corrected chi connectivity index (χ4v) is 5.95. The highest BCUT2D eigenvalue weighted by atomic mass is 79.9. The smallest absolute Gasteiger partial charge is 0.400 e. The monoisotopic (exact) mass is 547 g/mol. The first-order valence-corrected chi connectivity index (χ1v) is 12.6. The molecule has 0 aliphatic rings. The summed E-state index contributed by atoms with van der Waals surface area (Å²) in [5, 5.41) is 0.146. The number of fused-ring (bicyclic) bond motifs is 1. The number of benzene rings is 2. The minimum absolute atomic E-state index is 0.0140. The second kappa shape index (κ2) is 8.50. The Labute approximate surface area is 195 Å². The van der Waals surface area contributed by atoms with Crippen molar-refractivity contribution in [2.45, 2.75) is 38.5 Å². The van der Waals surface area contributed by atoms with Crippen molar-refractivity contribution in [2.24, 2.45) is 5.73 Å². The fourth-order valence-electron chi connectivity index (χ4n) is 2.98. The lowest BCUT2D eigenvalue weighted by Gasteiger charge is -2.19. The number of primary amides is 1. The van der Waals surface area contributed by atoms with Crippen molar-refractivity contribution in [3.63, 3.8) is 0 Å². The molecule has 1 amide bonds. The van der Waals surface area contributed by atoms with E-state index in [2.05, 4.69) is 36.7 Å². The Kier molecular flexibility index (Phi) is 6.59. The molecule has 0 fully saturated rings. The standard InChI is InChI=1S/C21H21BrF2NO5PS/c1-20(2,3)13-6-4-11(5-7-13)10-30-15-9-12(19(25)26)8-14-16(22)18(32-17(14)15)21(23,24)31(27,28)29/h4-9H,10H2,1-3H3,(H2,25,26)(H2,27,28,29). The fraction of sp³-hybridized carbons (Fsp3) is 0.286. The van der Waals surface area contributed by atoms with Gasteiger partial charge in [-0.15, -0.1) is 11.3 Å². The molecule has 3 aromatic rings. The number of ether oxygens (including phenoxy) is 1. The van der Waals surface area contributed by atoms with Crippen LogP contribution < -0.4 is 10.5 Å². The van der Waals surface area contributed by atoms with E-state index in [1.807, 2.05) is 24.3 Å². The molecule has 1 aromatic heterocycles. The zero-order valence-corrected chi connectivity index (χ0v) is 20.7. The first kappa shape index (κ1) is 24.8. The first-order valence-electron chi connectivity index (χ1n) is 9.35. The zero-order valence-electron chi connectivity index (χ0n) is 17.4. The van der Waals surface area contributed by atoms with Gasteiger partial charge in [0.05, 0.1) is 4.70 Å². The van der Waals surface area contributed by atoms with Gasteiger partial charge in [-0.25, -0.2) is 0 Å². The Hall–Kier alpha value is -1.84. The van der Waals surface area contributed by atoms with Crippen LogP contribution in [-0.4, -0.2) is 15.7 Å². The normalized spacial score (nSPS) is 12.9. The molecule has 0 bridgehead atoms. The van der Waals surface area contributed by atoms with Crippen molar-refractivity contribution in [2.75, 3.05) is 0 Å². The molecule has 1 heterocycles. The van der Waals surface area contributed by atoms with Crippen LogP contribution in [0, 0.1) is 0 Å². The molecular formula is C21H21BrF2NO5PS. The van der Waals surface area contributed by atoms with E-state index in [0.717, 1.165) is 11.1 Å². The highest BCUT2D eigenvalue weighted by Gasteiger charge is 2.53. The Morgan fingerprint density at radius 3 is 2.28 bits per heavy atom. The van der Waals surface area contributed by atoms with Gasteiger partial charge in [0.25, 0.3) is 0 Å². The van der Waals surface area contributed by atoms with Crippen LogP contribution in [0.2, 0.25) is 0 Å². The third-order valence-electron chi connectivity index (χ3n) is 4.83. The average molecular weight is 548 g/mol. The summed E-state index contributed by atoms with van der Waals surface area (Å²) in [4.78, 5) is 29.2. The highest BCUT2D eigenvalue weighted by Crippen LogP contribution is 2.63. The van der Waals surface area contributed by atoms with E-state index in [0.29, 0.717) is 11.3 Å². The number of nitrogens with two attached hydrogens (primary N) is 1. The van der Waals surface area contributed by atoms with Gasteiger partial charge in [-0.05, 0) is 44.6 Å². The summed E-state index contributed by atoms with van der Waals surface area (Å²) in [6, 6.07) is 10.3. The minimum atomic E-state index is -5.79. The third-order valence-corrected chi connectivity index (χ3v) is 8.32. The maximum absolute atomic E-state index is 14.4. The van der Waals surface area contributed by atoms with Crippen molar-refractivity contribution in [1.82, 2.24) is 0 Å². The van der Waals surface area contributed by atoms with Crippen molar-refractivity contribution < 1.29 is 32.7 Å². The summed E-state index contributed by atoms with van der Waals surface area (Å²) in [5.41, 5.74) is 2.89. The molecule has 2 aromatic carbocycles. The van der Waals surface area contributed by atoms with Crippen molar-refractivity contribution >= 4 is 50.9 Å². The summed E-state index contributed by atoms with van der Waals surface area (Å²) in [6.45, 7) is 6.35. The molecule has 4 N–H and O–H groups in total. The van der Waals surface area contributed by atoms with Crippen LogP contribution in [0.1, 0.15) is 47.1 Å². The summed E-state index contributed by atoms with van der Waals surface area (Å²) in [6.07, 6.45) is 0. The van der Waals surface area contributed by atoms with E-state index < -0.39 is 24.0 Å². The molecular weight excluding hydrogens is 527 g/mol. The average Bonchev–Trinajstić information content (AvgIpc) is 3.02. The minimum Gasteiger partial charge on any atom is -0.487 e. The summed E-state index contributed by atoms with van der Waals surface area (Å²) >= 11 is 3.48. The number of carbonyl (C=O) groups is 1. The Morgan fingerprint density at radius 2 is 1.78 bits per heavy atom. The molecule has 3 rings (SSSR count). The number of hydrogen-bond donors (Lipinski definition) is 3. The van der Waals surface area contributed by atoms with Crippen LogP contribution in [-0.2, 0) is 22.3 Å². The predicted molar refractivity (Wildman–Crippen MR) is 123 cm³/mol. The van der Waals surface area contributed by atoms with E-state index >= 15 is 0 Å². The van der Waals surface area contributed by atoms with Crippen LogP contribution in [0.15, 0.2) is 40.9 Å². The van der Waals surface area contributed by atoms with Crippen molar-refractivity contribution in [3.05, 3.63) is 62.4 Å². The Balaban J connectivity index is 2.05. The van der Waals surface area contributed by atoms with Crippen LogP contribution in [0.5, 0.6) is 5.75 Å². The number of amides is 1. The maximum atomic E-state index is 14.4. The molecule has 172 valence electrons. The number of alkyl halides is 2. The number of hydrogen-bond acceptors (Lipinski definition) is 4. The van der Waals surface area contributed by atoms with Crippen molar-refractivity contribution in [3.8, 4) is 5.75 Å². The van der Waals surface area contributed by atoms with E-state index in [9.17, 15) is 18.1 Å². The van der Waals surface area contributed by atoms with Gasteiger partial charge in [-0.1, -0.05) is 45.0 Å². The zero-order chi connectivity index (χ0) is 24.1. The lowest BCUT2D eigenvalue weighted by atomic mass is 9.87. The maximum Gasteiger partial charge on any atom is 0.400 e. The van der Waals surface area contributed by atoms with Gasteiger partial charge in [0.1, 0.15) is 17.2 Å². The van der Waals surface area contributed by atoms with E-state index in [-0.39, 0.29) is 37.9 Å². The number of carbonyl (C=O) groups excluding carboxylic acids is 1. The molecule has 0 unspecified atom stereocenters. The number of rotatable bonds is 6. The topological polar surface area (TPSA) is 110 Å². The second-order valence-corrected chi connectivity index (χ2v) is 11.7. The number of halogens is 3. The lowest BCUT2D eigenvalue weighted by Crippen LogP contribution is -2.12. The van der Waals surface area contributed by atoms with Crippen LogP contribution in [0.25, 0.3) is 10.1 Å². The molecule has 0 aliphatic carbocycles. The third kappa shape index (κ3) is 4.75. The molecule has 6 nitrogen and oxygen atoms in total. The Morgan fingerprint density at radius 1 is 1.19 bits per heavy atom. The molecule has 11 heteroatoms. The number of thiophene rings is 1. The molecule has 0 saturated heterocycles. The lowest BCUT2D eigenvalue weighted by molar-refractivity contribution is 0.0595. The van der Waals surface area contributed by atoms with E-state index in [4.69, 9.17) is 20.3 Å². The van der Waals surface area contributed by atoms with Gasteiger partial charge in [0.2, 0.25) is 5.91 Å².